The average molecular weight is 403 g/mol. The quantitative estimate of drug-likeness (QED) is 0.624. The molecule has 1 aromatic heterocycles. The van der Waals surface area contributed by atoms with Gasteiger partial charge in [-0.2, -0.15) is 8.42 Å². The Kier molecular flexibility index (Phi) is 6.91. The number of anilines is 2. The molecule has 1 aromatic carbocycles. The molecular weight excluding hydrogens is 372 g/mol. The molecule has 0 saturated heterocycles. The number of nitrogens with zero attached hydrogens (tertiary/aromatic N) is 1. The maximum absolute atomic E-state index is 12.6. The zero-order chi connectivity index (χ0) is 20.0. The monoisotopic (exact) mass is 402 g/mol. The van der Waals surface area contributed by atoms with Gasteiger partial charge in [-0.3, -0.25) is 4.72 Å². The fraction of sp³-hybridized carbons (Fsp3) is 0.476. The van der Waals surface area contributed by atoms with Crippen LogP contribution in [0.5, 0.6) is 0 Å². The Balaban J connectivity index is 1.62. The SMILES string of the molecule is CC(CNCc1ccccc1NS(=O)(=O)c1ccc(N)cn1)C1CCCCC1. The van der Waals surface area contributed by atoms with Gasteiger partial charge in [-0.15, -0.1) is 0 Å². The van der Waals surface area contributed by atoms with Gasteiger partial charge in [0.1, 0.15) is 0 Å². The van der Waals surface area contributed by atoms with Crippen molar-refractivity contribution >= 4 is 21.4 Å². The van der Waals surface area contributed by atoms with Crippen molar-refractivity contribution < 1.29 is 8.42 Å². The number of rotatable bonds is 8. The minimum Gasteiger partial charge on any atom is -0.397 e. The standard InChI is InChI=1S/C21H30N4O2S/c1-16(17-7-3-2-4-8-17)13-23-14-18-9-5-6-10-20(18)25-28(26,27)21-12-11-19(22)15-24-21/h5-6,9-12,15-17,23,25H,2-4,7-8,13-14,22H2,1H3. The van der Waals surface area contributed by atoms with E-state index in [1.54, 1.807) is 6.07 Å². The van der Waals surface area contributed by atoms with Crippen molar-refractivity contribution in [2.24, 2.45) is 11.8 Å². The van der Waals surface area contributed by atoms with Gasteiger partial charge in [0.05, 0.1) is 17.6 Å². The van der Waals surface area contributed by atoms with Gasteiger partial charge in [-0.25, -0.2) is 4.98 Å². The highest BCUT2D eigenvalue weighted by molar-refractivity contribution is 7.92. The molecule has 1 heterocycles. The minimum absolute atomic E-state index is 0.0459. The number of pyridine rings is 1. The predicted molar refractivity (Wildman–Crippen MR) is 113 cm³/mol. The van der Waals surface area contributed by atoms with Gasteiger partial charge in [-0.05, 0) is 42.1 Å². The molecule has 1 unspecified atom stereocenters. The summed E-state index contributed by atoms with van der Waals surface area (Å²) in [5.41, 5.74) is 7.50. The van der Waals surface area contributed by atoms with E-state index in [9.17, 15) is 8.42 Å². The van der Waals surface area contributed by atoms with E-state index in [1.807, 2.05) is 18.2 Å². The van der Waals surface area contributed by atoms with E-state index >= 15 is 0 Å². The van der Waals surface area contributed by atoms with Crippen LogP contribution in [0.15, 0.2) is 47.6 Å². The number of para-hydroxylation sites is 1. The van der Waals surface area contributed by atoms with Crippen LogP contribution < -0.4 is 15.8 Å². The lowest BCUT2D eigenvalue weighted by molar-refractivity contribution is 0.256. The van der Waals surface area contributed by atoms with Crippen molar-refractivity contribution in [3.63, 3.8) is 0 Å². The lowest BCUT2D eigenvalue weighted by atomic mass is 9.81. The second kappa shape index (κ2) is 9.39. The third-order valence-electron chi connectivity index (χ3n) is 5.53. The number of sulfonamides is 1. The molecule has 3 rings (SSSR count). The van der Waals surface area contributed by atoms with E-state index in [4.69, 9.17) is 5.73 Å². The second-order valence-electron chi connectivity index (χ2n) is 7.70. The first-order valence-electron chi connectivity index (χ1n) is 9.98. The number of benzene rings is 1. The minimum atomic E-state index is -3.76. The number of hydrogen-bond donors (Lipinski definition) is 3. The molecule has 1 fully saturated rings. The zero-order valence-electron chi connectivity index (χ0n) is 16.4. The highest BCUT2D eigenvalue weighted by Crippen LogP contribution is 2.29. The smallest absolute Gasteiger partial charge is 0.279 e. The summed E-state index contributed by atoms with van der Waals surface area (Å²) in [5.74, 6) is 1.43. The predicted octanol–water partition coefficient (Wildman–Crippen LogP) is 3.77. The first-order chi connectivity index (χ1) is 13.5. The van der Waals surface area contributed by atoms with Gasteiger partial charge in [0.15, 0.2) is 5.03 Å². The van der Waals surface area contributed by atoms with Gasteiger partial charge in [0.25, 0.3) is 10.0 Å². The molecule has 0 aliphatic heterocycles. The van der Waals surface area contributed by atoms with Crippen LogP contribution in [0, 0.1) is 11.8 Å². The fourth-order valence-corrected chi connectivity index (χ4v) is 4.86. The van der Waals surface area contributed by atoms with E-state index in [0.29, 0.717) is 23.8 Å². The second-order valence-corrected chi connectivity index (χ2v) is 9.33. The summed E-state index contributed by atoms with van der Waals surface area (Å²) in [6.07, 6.45) is 8.06. The molecule has 152 valence electrons. The number of nitrogens with one attached hydrogen (secondary N) is 2. The summed E-state index contributed by atoms with van der Waals surface area (Å²) in [4.78, 5) is 3.92. The van der Waals surface area contributed by atoms with Crippen LogP contribution in [0.3, 0.4) is 0 Å². The normalized spacial score (nSPS) is 16.6. The van der Waals surface area contributed by atoms with Crippen LogP contribution >= 0.6 is 0 Å². The molecule has 1 atom stereocenters. The topological polar surface area (TPSA) is 97.1 Å². The summed E-state index contributed by atoms with van der Waals surface area (Å²) >= 11 is 0. The van der Waals surface area contributed by atoms with Crippen molar-refractivity contribution in [3.05, 3.63) is 48.2 Å². The van der Waals surface area contributed by atoms with Crippen molar-refractivity contribution in [2.45, 2.75) is 50.6 Å². The fourth-order valence-electron chi connectivity index (χ4n) is 3.83. The summed E-state index contributed by atoms with van der Waals surface area (Å²) in [7, 11) is -3.76. The van der Waals surface area contributed by atoms with Gasteiger partial charge >= 0.3 is 0 Å². The van der Waals surface area contributed by atoms with E-state index in [-0.39, 0.29) is 5.03 Å². The first-order valence-corrected chi connectivity index (χ1v) is 11.5. The van der Waals surface area contributed by atoms with Crippen molar-refractivity contribution in [1.82, 2.24) is 10.3 Å². The van der Waals surface area contributed by atoms with Crippen LogP contribution in [0.1, 0.15) is 44.6 Å². The van der Waals surface area contributed by atoms with Crippen LogP contribution in [-0.4, -0.2) is 19.9 Å². The number of hydrogen-bond acceptors (Lipinski definition) is 5. The average Bonchev–Trinajstić information content (AvgIpc) is 2.70. The summed E-state index contributed by atoms with van der Waals surface area (Å²) in [5, 5.41) is 3.46. The van der Waals surface area contributed by atoms with Crippen LogP contribution in [0.25, 0.3) is 0 Å². The number of nitrogen functional groups attached to an aromatic ring is 1. The molecule has 0 bridgehead atoms. The Morgan fingerprint density at radius 3 is 2.61 bits per heavy atom. The summed E-state index contributed by atoms with van der Waals surface area (Å²) < 4.78 is 27.9. The Bertz CT molecular complexity index is 862. The molecule has 1 saturated carbocycles. The molecular formula is C21H30N4O2S. The molecule has 0 radical (unpaired) electrons. The van der Waals surface area contributed by atoms with Gasteiger partial charge in [0, 0.05) is 6.54 Å². The third-order valence-corrected chi connectivity index (χ3v) is 6.81. The Morgan fingerprint density at radius 2 is 1.89 bits per heavy atom. The maximum atomic E-state index is 12.6. The van der Waals surface area contributed by atoms with E-state index in [2.05, 4.69) is 21.9 Å². The Hall–Kier alpha value is -2.12. The van der Waals surface area contributed by atoms with Gasteiger partial charge in [0.2, 0.25) is 0 Å². The maximum Gasteiger partial charge on any atom is 0.279 e. The Morgan fingerprint density at radius 1 is 1.14 bits per heavy atom. The van der Waals surface area contributed by atoms with Crippen molar-refractivity contribution in [3.8, 4) is 0 Å². The third kappa shape index (κ3) is 5.45. The molecule has 6 nitrogen and oxygen atoms in total. The van der Waals surface area contributed by atoms with E-state index < -0.39 is 10.0 Å². The summed E-state index contributed by atoms with van der Waals surface area (Å²) in [6, 6.07) is 10.4. The van der Waals surface area contributed by atoms with Crippen LogP contribution in [-0.2, 0) is 16.6 Å². The van der Waals surface area contributed by atoms with E-state index in [1.165, 1.54) is 50.4 Å². The molecule has 0 spiro atoms. The van der Waals surface area contributed by atoms with Crippen LogP contribution in [0.2, 0.25) is 0 Å². The van der Waals surface area contributed by atoms with Gasteiger partial charge < -0.3 is 11.1 Å². The number of aromatic nitrogens is 1. The molecule has 2 aromatic rings. The first kappa shape index (κ1) is 20.6. The lowest BCUT2D eigenvalue weighted by Crippen LogP contribution is -2.27. The molecule has 7 heteroatoms. The lowest BCUT2D eigenvalue weighted by Gasteiger charge is -2.28. The van der Waals surface area contributed by atoms with Crippen molar-refractivity contribution in [2.75, 3.05) is 17.0 Å². The largest absolute Gasteiger partial charge is 0.397 e. The highest BCUT2D eigenvalue weighted by Gasteiger charge is 2.20. The number of nitrogens with two attached hydrogens (primary N) is 1. The molecule has 1 aliphatic carbocycles. The molecule has 1 aliphatic rings. The summed E-state index contributed by atoms with van der Waals surface area (Å²) in [6.45, 7) is 3.86. The molecule has 4 N–H and O–H groups in total. The zero-order valence-corrected chi connectivity index (χ0v) is 17.2. The van der Waals surface area contributed by atoms with E-state index in [0.717, 1.165) is 18.0 Å². The highest BCUT2D eigenvalue weighted by atomic mass is 32.2. The molecule has 28 heavy (non-hydrogen) atoms. The van der Waals surface area contributed by atoms with Gasteiger partial charge in [-0.1, -0.05) is 57.2 Å². The van der Waals surface area contributed by atoms with Crippen LogP contribution in [0.4, 0.5) is 11.4 Å². The Labute approximate surface area is 168 Å². The van der Waals surface area contributed by atoms with Crippen molar-refractivity contribution in [1.29, 1.82) is 0 Å². The molecule has 0 amide bonds.